The summed E-state index contributed by atoms with van der Waals surface area (Å²) in [6.45, 7) is 6.69. The normalized spacial score (nSPS) is 14.7. The van der Waals surface area contributed by atoms with Crippen LogP contribution >= 0.6 is 0 Å². The number of quaternary nitrogens is 1. The largest absolute Gasteiger partial charge is 0.542 e. The molecule has 13 nitrogen and oxygen atoms in total. The number of nitrogens with one attached hydrogen (secondary N) is 4. The fourth-order valence-corrected chi connectivity index (χ4v) is 4.11. The molecule has 0 spiro atoms. The van der Waals surface area contributed by atoms with E-state index >= 15 is 0 Å². The zero-order valence-corrected chi connectivity index (χ0v) is 30.3. The summed E-state index contributed by atoms with van der Waals surface area (Å²) in [6, 6.07) is 0. The second-order valence-electron chi connectivity index (χ2n) is 12.8. The first-order valence-electron chi connectivity index (χ1n) is 17.9. The zero-order valence-electron chi connectivity index (χ0n) is 30.3. The molecule has 10 N–H and O–H groups in total. The number of hydrogen-bond donors (Lipinski definition) is 7. The van der Waals surface area contributed by atoms with Crippen molar-refractivity contribution in [3.05, 3.63) is 0 Å². The van der Waals surface area contributed by atoms with Crippen LogP contribution in [-0.2, 0) is 14.4 Å². The Morgan fingerprint density at radius 1 is 0.519 bits per heavy atom. The average Bonchev–Trinajstić information content (AvgIpc) is 3.99. The molecular formula is C32H56F9N7O6. The van der Waals surface area contributed by atoms with E-state index in [9.17, 15) is 39.5 Å². The highest BCUT2D eigenvalue weighted by molar-refractivity contribution is 5.72. The van der Waals surface area contributed by atoms with Gasteiger partial charge >= 0.3 is 30.4 Å². The van der Waals surface area contributed by atoms with Gasteiger partial charge < -0.3 is 35.0 Å². The summed E-state index contributed by atoms with van der Waals surface area (Å²) in [6.07, 6.45) is 5.91. The highest BCUT2D eigenvalue weighted by atomic mass is 19.4. The van der Waals surface area contributed by atoms with Crippen molar-refractivity contribution in [2.45, 2.75) is 121 Å². The van der Waals surface area contributed by atoms with Crippen LogP contribution in [0.2, 0.25) is 0 Å². The molecule has 2 rings (SSSR count). The van der Waals surface area contributed by atoms with Crippen LogP contribution in [0.4, 0.5) is 39.5 Å². The zero-order chi connectivity index (χ0) is 41.6. The highest BCUT2D eigenvalue weighted by Gasteiger charge is 2.30. The first-order chi connectivity index (χ1) is 25.1. The third-order valence-electron chi connectivity index (χ3n) is 7.55. The molecule has 0 heterocycles. The number of carbonyl (C=O) groups is 3. The lowest BCUT2D eigenvalue weighted by molar-refractivity contribution is -0.655. The molecule has 22 heteroatoms. The lowest BCUT2D eigenvalue weighted by Gasteiger charge is -2.04. The van der Waals surface area contributed by atoms with Crippen LogP contribution in [0.5, 0.6) is 0 Å². The first kappa shape index (κ1) is 52.4. The number of halogens is 9. The Balaban J connectivity index is 0. The van der Waals surface area contributed by atoms with Crippen LogP contribution in [-0.4, -0.2) is 87.6 Å². The van der Waals surface area contributed by atoms with Gasteiger partial charge in [0.15, 0.2) is 0 Å². The van der Waals surface area contributed by atoms with E-state index in [1.807, 2.05) is 0 Å². The van der Waals surface area contributed by atoms with Crippen molar-refractivity contribution in [3.8, 4) is 0 Å². The van der Waals surface area contributed by atoms with Crippen molar-refractivity contribution in [3.63, 3.8) is 0 Å². The van der Waals surface area contributed by atoms with Crippen LogP contribution in [0.3, 0.4) is 0 Å². The Morgan fingerprint density at radius 2 is 0.759 bits per heavy atom. The minimum atomic E-state index is -5.19. The molecule has 0 bridgehead atoms. The smallest absolute Gasteiger partial charge is 0.430 e. The molecule has 0 saturated heterocycles. The van der Waals surface area contributed by atoms with E-state index in [-0.39, 0.29) is 0 Å². The molecule has 0 atom stereocenters. The maximum absolute atomic E-state index is 10.5. The van der Waals surface area contributed by atoms with Gasteiger partial charge in [0.05, 0.1) is 39.3 Å². The summed E-state index contributed by atoms with van der Waals surface area (Å²) in [4.78, 5) is 32.9. The number of carboxylic acid groups (broad SMARTS) is 3. The van der Waals surface area contributed by atoms with Crippen LogP contribution in [0, 0.1) is 11.8 Å². The van der Waals surface area contributed by atoms with Crippen LogP contribution in [0.25, 0.3) is 0 Å². The molecular weight excluding hydrogens is 749 g/mol. The Morgan fingerprint density at radius 3 is 1.00 bits per heavy atom. The van der Waals surface area contributed by atoms with Gasteiger partial charge in [0.25, 0.3) is 0 Å². The number of hydrogen-bond acceptors (Lipinski definition) is 6. The van der Waals surface area contributed by atoms with Crippen molar-refractivity contribution < 1.29 is 84.5 Å². The van der Waals surface area contributed by atoms with E-state index < -0.39 is 36.4 Å². The Labute approximate surface area is 309 Å². The molecule has 0 aromatic carbocycles. The fourth-order valence-electron chi connectivity index (χ4n) is 4.11. The lowest BCUT2D eigenvalue weighted by Crippen LogP contribution is -2.84. The first-order valence-corrected chi connectivity index (χ1v) is 17.9. The van der Waals surface area contributed by atoms with E-state index in [1.165, 1.54) is 116 Å². The van der Waals surface area contributed by atoms with Crippen molar-refractivity contribution in [1.29, 1.82) is 0 Å². The number of alkyl halides is 9. The summed E-state index contributed by atoms with van der Waals surface area (Å²) in [7, 11) is 0. The van der Waals surface area contributed by atoms with Gasteiger partial charge in [0, 0.05) is 0 Å². The Kier molecular flexibility index (Phi) is 28.7. The number of nitrogens with two attached hydrogens (primary N) is 3. The number of carbonyl (C=O) groups excluding carboxylic acids is 3. The van der Waals surface area contributed by atoms with E-state index in [2.05, 4.69) is 25.9 Å². The number of carboxylic acids is 3. The monoisotopic (exact) mass is 805 g/mol. The van der Waals surface area contributed by atoms with Crippen molar-refractivity contribution in [2.75, 3.05) is 39.3 Å². The fraction of sp³-hybridized carbons (Fsp3) is 0.844. The van der Waals surface area contributed by atoms with Gasteiger partial charge in [-0.15, -0.1) is 0 Å². The van der Waals surface area contributed by atoms with Gasteiger partial charge in [0.2, 0.25) is 0 Å². The predicted octanol–water partition coefficient (Wildman–Crippen LogP) is -3.08. The van der Waals surface area contributed by atoms with Crippen molar-refractivity contribution in [1.82, 2.24) is 10.6 Å². The van der Waals surface area contributed by atoms with Crippen LogP contribution in [0.1, 0.15) is 103 Å². The van der Waals surface area contributed by atoms with Gasteiger partial charge in [0.1, 0.15) is 17.9 Å². The summed E-state index contributed by atoms with van der Waals surface area (Å²) in [5, 5.41) is 35.5. The molecule has 2 saturated carbocycles. The minimum absolute atomic E-state index is 0.765. The second-order valence-corrected chi connectivity index (χ2v) is 12.8. The number of unbranched alkanes of at least 4 members (excludes halogenated alkanes) is 10. The van der Waals surface area contributed by atoms with Crippen LogP contribution < -0.4 is 52.7 Å². The number of rotatable bonds is 22. The van der Waals surface area contributed by atoms with Gasteiger partial charge in [-0.05, 0) is 76.0 Å². The Bertz CT molecular complexity index is 982. The summed E-state index contributed by atoms with van der Waals surface area (Å²) in [5.41, 5.74) is 11.9. The summed E-state index contributed by atoms with van der Waals surface area (Å²) < 4.78 is 94.6. The molecule has 0 aromatic heterocycles. The van der Waals surface area contributed by atoms with Gasteiger partial charge in [-0.1, -0.05) is 38.5 Å². The number of aliphatic carboxylic acids is 3. The third-order valence-corrected chi connectivity index (χ3v) is 7.55. The highest BCUT2D eigenvalue weighted by Crippen LogP contribution is 2.26. The minimum Gasteiger partial charge on any atom is -0.542 e. The topological polar surface area (TPSA) is 241 Å². The quantitative estimate of drug-likeness (QED) is 0.0252. The molecule has 0 aromatic rings. The van der Waals surface area contributed by atoms with E-state index in [0.29, 0.717) is 0 Å². The van der Waals surface area contributed by atoms with E-state index in [4.69, 9.17) is 41.2 Å². The summed E-state index contributed by atoms with van der Waals surface area (Å²) >= 11 is 0. The lowest BCUT2D eigenvalue weighted by atomic mass is 10.1. The van der Waals surface area contributed by atoms with Crippen molar-refractivity contribution in [2.24, 2.45) is 23.3 Å². The molecule has 318 valence electrons. The van der Waals surface area contributed by atoms with E-state index in [1.54, 1.807) is 0 Å². The maximum Gasteiger partial charge on any atom is 0.430 e. The summed E-state index contributed by atoms with van der Waals surface area (Å²) in [5.74, 6) is -5.75. The van der Waals surface area contributed by atoms with Gasteiger partial charge in [-0.25, -0.2) is 0 Å². The molecule has 0 amide bonds. The number of guanidine groups is 2. The molecule has 0 aliphatic heterocycles. The second kappa shape index (κ2) is 29.6. The Hall–Kier alpha value is -3.72. The average molecular weight is 806 g/mol. The van der Waals surface area contributed by atoms with Crippen molar-refractivity contribution >= 4 is 29.8 Å². The molecule has 2 aliphatic carbocycles. The van der Waals surface area contributed by atoms with Crippen LogP contribution in [0.15, 0.2) is 0 Å². The molecule has 54 heavy (non-hydrogen) atoms. The predicted molar refractivity (Wildman–Crippen MR) is 172 cm³/mol. The van der Waals surface area contributed by atoms with E-state index in [0.717, 1.165) is 49.9 Å². The van der Waals surface area contributed by atoms with Gasteiger partial charge in [-0.3, -0.25) is 32.1 Å². The van der Waals surface area contributed by atoms with Gasteiger partial charge in [-0.2, -0.15) is 39.5 Å². The SMILES string of the molecule is NC(NCCCCCCCC[NH2+]CCCCCCCCNC(N)=[NH+]CC1CC1)=[NH+]CC1CC1.O=C([O-])C(F)(F)F.O=C([O-])C(F)(F)F.O=C([O-])C(F)(F)F. The molecule has 2 fully saturated rings. The molecule has 2 aliphatic rings. The molecule has 0 radical (unpaired) electrons. The standard InChI is InChI=1S/C26H53N7.3C2HF3O2/c27-25(32-21-23-13-14-23)30-19-11-7-3-1-5-9-17-29-18-10-6-2-4-8-12-20-31-26(28)33-22-24-15-16-24;3*3-2(4,5)1(6)7/h23-24,29H,1-22H2,(H3,27,30,32)(H3,28,31,33);3*(H,6,7). The molecule has 0 unspecified atom stereocenters. The third kappa shape index (κ3) is 39.5. The maximum atomic E-state index is 10.5.